The summed E-state index contributed by atoms with van der Waals surface area (Å²) in [7, 11) is 0. The lowest BCUT2D eigenvalue weighted by Gasteiger charge is -2.11. The highest BCUT2D eigenvalue weighted by molar-refractivity contribution is 9.10. The molecule has 3 rings (SSSR count). The fraction of sp³-hybridized carbons (Fsp3) is 0.462. The van der Waals surface area contributed by atoms with E-state index in [0.29, 0.717) is 11.2 Å². The molecule has 0 N–H and O–H groups in total. The van der Waals surface area contributed by atoms with Gasteiger partial charge in [-0.3, -0.25) is 0 Å². The molecule has 0 bridgehead atoms. The summed E-state index contributed by atoms with van der Waals surface area (Å²) in [5.41, 5.74) is 0.0374. The van der Waals surface area contributed by atoms with Crippen LogP contribution in [0.15, 0.2) is 21.8 Å². The summed E-state index contributed by atoms with van der Waals surface area (Å²) < 4.78 is 29.7. The molecule has 1 aromatic carbocycles. The molecule has 0 radical (unpaired) electrons. The van der Waals surface area contributed by atoms with Crippen LogP contribution >= 0.6 is 27.7 Å². The number of tetrazole rings is 1. The zero-order valence-electron chi connectivity index (χ0n) is 11.1. The summed E-state index contributed by atoms with van der Waals surface area (Å²) in [5.74, 6) is -0.963. The van der Waals surface area contributed by atoms with Gasteiger partial charge in [0.05, 0.1) is 10.5 Å². The number of nitrogens with zero attached hydrogens (tertiary/aromatic N) is 4. The Morgan fingerprint density at radius 1 is 1.29 bits per heavy atom. The first-order valence-electron chi connectivity index (χ1n) is 6.70. The lowest BCUT2D eigenvalue weighted by Crippen LogP contribution is -2.08. The van der Waals surface area contributed by atoms with Gasteiger partial charge in [-0.25, -0.2) is 13.5 Å². The molecule has 1 heterocycles. The Morgan fingerprint density at radius 2 is 2.05 bits per heavy atom. The Balaban J connectivity index is 1.77. The lowest BCUT2D eigenvalue weighted by molar-refractivity contribution is 0.423. The van der Waals surface area contributed by atoms with E-state index in [1.165, 1.54) is 36.7 Å². The molecule has 0 spiro atoms. The normalized spacial score (nSPS) is 15.8. The van der Waals surface area contributed by atoms with Crippen molar-refractivity contribution in [2.45, 2.75) is 42.6 Å². The Labute approximate surface area is 133 Å². The number of thioether (sulfide) groups is 1. The van der Waals surface area contributed by atoms with Crippen LogP contribution in [-0.2, 0) is 5.75 Å². The fourth-order valence-electron chi connectivity index (χ4n) is 2.50. The molecular weight excluding hydrogens is 362 g/mol. The highest BCUT2D eigenvalue weighted by Gasteiger charge is 2.22. The maximum atomic E-state index is 13.9. The Hall–Kier alpha value is -1.02. The van der Waals surface area contributed by atoms with E-state index in [9.17, 15) is 8.78 Å². The average Bonchev–Trinajstić information content (AvgIpc) is 3.13. The minimum atomic E-state index is -0.567. The van der Waals surface area contributed by atoms with Crippen molar-refractivity contribution in [2.24, 2.45) is 0 Å². The first-order valence-corrected chi connectivity index (χ1v) is 8.47. The van der Waals surface area contributed by atoms with Gasteiger partial charge >= 0.3 is 0 Å². The SMILES string of the molecule is Fc1ccc(Br)c(F)c1CSc1nnnn1C1CCCC1. The molecule has 0 saturated heterocycles. The first-order chi connectivity index (χ1) is 10.2. The number of hydrogen-bond donors (Lipinski definition) is 0. The van der Waals surface area contributed by atoms with Crippen LogP contribution in [0.25, 0.3) is 0 Å². The number of hydrogen-bond acceptors (Lipinski definition) is 4. The van der Waals surface area contributed by atoms with E-state index in [-0.39, 0.29) is 15.8 Å². The van der Waals surface area contributed by atoms with E-state index in [4.69, 9.17) is 0 Å². The minimum absolute atomic E-state index is 0.0374. The molecule has 4 nitrogen and oxygen atoms in total. The summed E-state index contributed by atoms with van der Waals surface area (Å²) >= 11 is 4.33. The monoisotopic (exact) mass is 374 g/mol. The highest BCUT2D eigenvalue weighted by Crippen LogP contribution is 2.33. The third-order valence-corrected chi connectivity index (χ3v) is 5.19. The van der Waals surface area contributed by atoms with Gasteiger partial charge in [0.2, 0.25) is 5.16 Å². The summed E-state index contributed by atoms with van der Waals surface area (Å²) in [5, 5.41) is 12.3. The molecule has 2 aromatic rings. The third-order valence-electron chi connectivity index (χ3n) is 3.62. The topological polar surface area (TPSA) is 43.6 Å². The Bertz CT molecular complexity index is 643. The van der Waals surface area contributed by atoms with Crippen LogP contribution in [0.5, 0.6) is 0 Å². The van der Waals surface area contributed by atoms with Crippen molar-refractivity contribution >= 4 is 27.7 Å². The second kappa shape index (κ2) is 6.39. The zero-order chi connectivity index (χ0) is 14.8. The average molecular weight is 375 g/mol. The second-order valence-corrected chi connectivity index (χ2v) is 6.75. The van der Waals surface area contributed by atoms with Gasteiger partial charge in [0.15, 0.2) is 0 Å². The molecule has 0 unspecified atom stereocenters. The summed E-state index contributed by atoms with van der Waals surface area (Å²) in [6, 6.07) is 2.92. The predicted octanol–water partition coefficient (Wildman–Crippen LogP) is 4.12. The molecule has 1 aliphatic rings. The van der Waals surface area contributed by atoms with E-state index in [2.05, 4.69) is 31.5 Å². The Morgan fingerprint density at radius 3 is 2.81 bits per heavy atom. The second-order valence-electron chi connectivity index (χ2n) is 4.95. The van der Waals surface area contributed by atoms with Gasteiger partial charge in [0.25, 0.3) is 0 Å². The van der Waals surface area contributed by atoms with E-state index >= 15 is 0 Å². The minimum Gasteiger partial charge on any atom is -0.217 e. The van der Waals surface area contributed by atoms with Gasteiger partial charge < -0.3 is 0 Å². The zero-order valence-corrected chi connectivity index (χ0v) is 13.5. The molecule has 112 valence electrons. The molecule has 8 heteroatoms. The quantitative estimate of drug-likeness (QED) is 0.596. The molecule has 1 aliphatic carbocycles. The fourth-order valence-corrected chi connectivity index (χ4v) is 3.82. The maximum absolute atomic E-state index is 13.9. The van der Waals surface area contributed by atoms with E-state index in [1.807, 2.05) is 0 Å². The molecule has 1 aromatic heterocycles. The molecule has 0 atom stereocenters. The molecule has 0 amide bonds. The van der Waals surface area contributed by atoms with E-state index < -0.39 is 11.6 Å². The van der Waals surface area contributed by atoms with Crippen molar-refractivity contribution in [1.29, 1.82) is 0 Å². The van der Waals surface area contributed by atoms with Crippen molar-refractivity contribution in [2.75, 3.05) is 0 Å². The van der Waals surface area contributed by atoms with Gasteiger partial charge in [-0.05, 0) is 51.3 Å². The number of aromatic nitrogens is 4. The van der Waals surface area contributed by atoms with Crippen molar-refractivity contribution < 1.29 is 8.78 Å². The van der Waals surface area contributed by atoms with Crippen molar-refractivity contribution in [3.63, 3.8) is 0 Å². The van der Waals surface area contributed by atoms with Gasteiger partial charge in [-0.15, -0.1) is 5.10 Å². The van der Waals surface area contributed by atoms with Crippen LogP contribution in [0.3, 0.4) is 0 Å². The van der Waals surface area contributed by atoms with E-state index in [1.54, 1.807) is 4.68 Å². The van der Waals surface area contributed by atoms with Crippen molar-refractivity contribution in [3.8, 4) is 0 Å². The van der Waals surface area contributed by atoms with E-state index in [0.717, 1.165) is 12.8 Å². The molecule has 1 saturated carbocycles. The molecule has 1 fully saturated rings. The van der Waals surface area contributed by atoms with Crippen LogP contribution in [0.1, 0.15) is 37.3 Å². The van der Waals surface area contributed by atoms with Crippen molar-refractivity contribution in [3.05, 3.63) is 33.8 Å². The van der Waals surface area contributed by atoms with Crippen LogP contribution in [0.4, 0.5) is 8.78 Å². The van der Waals surface area contributed by atoms with Crippen LogP contribution in [0.2, 0.25) is 0 Å². The molecule has 21 heavy (non-hydrogen) atoms. The molecule has 0 aliphatic heterocycles. The maximum Gasteiger partial charge on any atom is 0.209 e. The van der Waals surface area contributed by atoms with Crippen LogP contribution in [-0.4, -0.2) is 20.2 Å². The Kier molecular flexibility index (Phi) is 4.54. The number of halogens is 3. The summed E-state index contributed by atoms with van der Waals surface area (Å²) in [4.78, 5) is 0. The van der Waals surface area contributed by atoms with Gasteiger partial charge in [-0.1, -0.05) is 24.6 Å². The van der Waals surface area contributed by atoms with Gasteiger partial charge in [-0.2, -0.15) is 0 Å². The molecular formula is C13H13BrF2N4S. The van der Waals surface area contributed by atoms with Gasteiger partial charge in [0, 0.05) is 11.3 Å². The first kappa shape index (κ1) is 14.9. The number of benzene rings is 1. The summed E-state index contributed by atoms with van der Waals surface area (Å²) in [6.45, 7) is 0. The smallest absolute Gasteiger partial charge is 0.209 e. The summed E-state index contributed by atoms with van der Waals surface area (Å²) in [6.07, 6.45) is 4.45. The highest BCUT2D eigenvalue weighted by atomic mass is 79.9. The van der Waals surface area contributed by atoms with Crippen LogP contribution < -0.4 is 0 Å². The van der Waals surface area contributed by atoms with Crippen molar-refractivity contribution in [1.82, 2.24) is 20.2 Å². The van der Waals surface area contributed by atoms with Crippen LogP contribution in [0, 0.1) is 11.6 Å². The van der Waals surface area contributed by atoms with Gasteiger partial charge in [0.1, 0.15) is 11.6 Å². The largest absolute Gasteiger partial charge is 0.217 e. The third kappa shape index (κ3) is 3.11. The predicted molar refractivity (Wildman–Crippen MR) is 78.9 cm³/mol. The lowest BCUT2D eigenvalue weighted by atomic mass is 10.2. The standard InChI is InChI=1S/C13H13BrF2N4S/c14-10-5-6-11(15)9(12(10)16)7-21-13-17-18-19-20(13)8-3-1-2-4-8/h5-6,8H,1-4,7H2. The number of rotatable bonds is 4.